The van der Waals surface area contributed by atoms with Gasteiger partial charge in [-0.2, -0.15) is 4.72 Å². The van der Waals surface area contributed by atoms with Crippen LogP contribution in [-0.4, -0.2) is 58.2 Å². The molecule has 0 bridgehead atoms. The maximum absolute atomic E-state index is 12.5. The smallest absolute Gasteiger partial charge is 0.327 e. The van der Waals surface area contributed by atoms with E-state index < -0.39 is 40.5 Å². The van der Waals surface area contributed by atoms with Crippen molar-refractivity contribution in [1.29, 1.82) is 0 Å². The Bertz CT molecular complexity index is 1040. The van der Waals surface area contributed by atoms with Crippen LogP contribution < -0.4 is 14.2 Å². The van der Waals surface area contributed by atoms with Gasteiger partial charge in [0.05, 0.1) is 30.8 Å². The summed E-state index contributed by atoms with van der Waals surface area (Å²) >= 11 is 5.75. The molecule has 2 aromatic rings. The number of aliphatic hydroxyl groups is 1. The second-order valence-electron chi connectivity index (χ2n) is 6.39. The first kappa shape index (κ1) is 24.6. The molecule has 0 spiro atoms. The summed E-state index contributed by atoms with van der Waals surface area (Å²) in [6, 6.07) is 8.12. The van der Waals surface area contributed by atoms with Crippen molar-refractivity contribution < 1.29 is 37.3 Å². The topological polar surface area (TPSA) is 128 Å². The Morgan fingerprint density at radius 1 is 1.10 bits per heavy atom. The molecule has 0 fully saturated rings. The Kier molecular flexibility index (Phi) is 8.40. The van der Waals surface area contributed by atoms with Gasteiger partial charge in [-0.1, -0.05) is 11.6 Å². The zero-order chi connectivity index (χ0) is 23.2. The summed E-state index contributed by atoms with van der Waals surface area (Å²) in [6.45, 7) is 0.511. The molecule has 9 nitrogen and oxygen atoms in total. The molecule has 0 unspecified atom stereocenters. The van der Waals surface area contributed by atoms with Gasteiger partial charge in [-0.3, -0.25) is 9.59 Å². The van der Waals surface area contributed by atoms with Crippen molar-refractivity contribution in [2.45, 2.75) is 24.0 Å². The number of esters is 1. The van der Waals surface area contributed by atoms with Crippen LogP contribution in [0.1, 0.15) is 17.3 Å². The summed E-state index contributed by atoms with van der Waals surface area (Å²) in [5.41, 5.74) is 0.116. The number of hydrogen-bond donors (Lipinski definition) is 2. The van der Waals surface area contributed by atoms with E-state index in [0.29, 0.717) is 10.8 Å². The summed E-state index contributed by atoms with van der Waals surface area (Å²) < 4.78 is 42.3. The SMILES string of the molecule is COc1ccc(OC)c(C(=O)COC(=O)[C@H](NS(=O)(=O)c2ccc(Cl)cc2)[C@@H](C)O)c1. The first-order valence-corrected chi connectivity index (χ1v) is 10.8. The molecule has 2 aromatic carbocycles. The Labute approximate surface area is 184 Å². The van der Waals surface area contributed by atoms with Gasteiger partial charge in [0, 0.05) is 5.02 Å². The average molecular weight is 472 g/mol. The minimum absolute atomic E-state index is 0.116. The molecule has 11 heteroatoms. The van der Waals surface area contributed by atoms with E-state index in [1.807, 2.05) is 0 Å². The van der Waals surface area contributed by atoms with Crippen molar-refractivity contribution in [1.82, 2.24) is 4.72 Å². The highest BCUT2D eigenvalue weighted by molar-refractivity contribution is 7.89. The van der Waals surface area contributed by atoms with Gasteiger partial charge in [-0.25, -0.2) is 8.42 Å². The largest absolute Gasteiger partial charge is 0.497 e. The molecule has 31 heavy (non-hydrogen) atoms. The van der Waals surface area contributed by atoms with Crippen LogP contribution in [0.4, 0.5) is 0 Å². The molecule has 0 aromatic heterocycles. The van der Waals surface area contributed by atoms with Crippen LogP contribution in [-0.2, 0) is 19.6 Å². The van der Waals surface area contributed by atoms with E-state index in [9.17, 15) is 23.1 Å². The molecule has 2 atom stereocenters. The van der Waals surface area contributed by atoms with E-state index in [1.165, 1.54) is 57.5 Å². The Hall–Kier alpha value is -2.66. The Morgan fingerprint density at radius 2 is 1.74 bits per heavy atom. The van der Waals surface area contributed by atoms with Crippen LogP contribution in [0.5, 0.6) is 11.5 Å². The van der Waals surface area contributed by atoms with Gasteiger partial charge in [0.25, 0.3) is 0 Å². The number of aliphatic hydroxyl groups excluding tert-OH is 1. The van der Waals surface area contributed by atoms with Crippen molar-refractivity contribution in [2.75, 3.05) is 20.8 Å². The number of methoxy groups -OCH3 is 2. The summed E-state index contributed by atoms with van der Waals surface area (Å²) in [5.74, 6) is -1.08. The molecule has 2 N–H and O–H groups in total. The predicted octanol–water partition coefficient (Wildman–Crippen LogP) is 1.81. The number of hydrogen-bond acceptors (Lipinski definition) is 8. The number of nitrogens with one attached hydrogen (secondary N) is 1. The lowest BCUT2D eigenvalue weighted by Crippen LogP contribution is -2.48. The van der Waals surface area contributed by atoms with Crippen molar-refractivity contribution in [3.05, 3.63) is 53.1 Å². The summed E-state index contributed by atoms with van der Waals surface area (Å²) in [6.07, 6.45) is -1.43. The monoisotopic (exact) mass is 471 g/mol. The third-order valence-electron chi connectivity index (χ3n) is 4.19. The standard InChI is InChI=1S/C20H22ClNO8S/c1-12(23)19(22-31(26,27)15-7-4-13(21)5-8-15)20(25)30-11-17(24)16-10-14(28-2)6-9-18(16)29-3/h4-10,12,19,22-23H,11H2,1-3H3/t12-,19-/m1/s1. The number of Topliss-reactive ketones (excluding diaryl/α,β-unsaturated/α-hetero) is 1. The van der Waals surface area contributed by atoms with E-state index in [0.717, 1.165) is 0 Å². The van der Waals surface area contributed by atoms with Gasteiger partial charge in [0.15, 0.2) is 6.61 Å². The fourth-order valence-corrected chi connectivity index (χ4v) is 3.91. The third kappa shape index (κ3) is 6.41. The normalized spacial score (nSPS) is 13.2. The highest BCUT2D eigenvalue weighted by atomic mass is 35.5. The lowest BCUT2D eigenvalue weighted by Gasteiger charge is -2.20. The van der Waals surface area contributed by atoms with Gasteiger partial charge in [-0.15, -0.1) is 0 Å². The van der Waals surface area contributed by atoms with Crippen LogP contribution in [0, 0.1) is 0 Å². The average Bonchev–Trinajstić information content (AvgIpc) is 2.75. The molecule has 0 radical (unpaired) electrons. The predicted molar refractivity (Wildman–Crippen MR) is 112 cm³/mol. The lowest BCUT2D eigenvalue weighted by molar-refractivity contribution is -0.147. The van der Waals surface area contributed by atoms with Crippen molar-refractivity contribution >= 4 is 33.4 Å². The van der Waals surface area contributed by atoms with Crippen LogP contribution in [0.2, 0.25) is 5.02 Å². The van der Waals surface area contributed by atoms with Gasteiger partial charge in [-0.05, 0) is 49.4 Å². The maximum atomic E-state index is 12.5. The zero-order valence-corrected chi connectivity index (χ0v) is 18.6. The van der Waals surface area contributed by atoms with Crippen molar-refractivity contribution in [3.63, 3.8) is 0 Å². The van der Waals surface area contributed by atoms with Crippen LogP contribution in [0.25, 0.3) is 0 Å². The number of benzene rings is 2. The van der Waals surface area contributed by atoms with Gasteiger partial charge in [0.2, 0.25) is 15.8 Å². The molecule has 0 saturated carbocycles. The van der Waals surface area contributed by atoms with Gasteiger partial charge >= 0.3 is 5.97 Å². The van der Waals surface area contributed by atoms with Crippen LogP contribution in [0.3, 0.4) is 0 Å². The second-order valence-corrected chi connectivity index (χ2v) is 8.54. The molecule has 0 heterocycles. The molecule has 0 aliphatic carbocycles. The van der Waals surface area contributed by atoms with Gasteiger partial charge < -0.3 is 19.3 Å². The van der Waals surface area contributed by atoms with Crippen molar-refractivity contribution in [2.24, 2.45) is 0 Å². The third-order valence-corrected chi connectivity index (χ3v) is 5.90. The van der Waals surface area contributed by atoms with Crippen LogP contribution in [0.15, 0.2) is 47.4 Å². The molecule has 0 aliphatic heterocycles. The second kappa shape index (κ2) is 10.6. The molecular weight excluding hydrogens is 450 g/mol. The van der Waals surface area contributed by atoms with E-state index >= 15 is 0 Å². The number of carbonyl (C=O) groups is 2. The fourth-order valence-electron chi connectivity index (χ4n) is 2.53. The molecule has 2 rings (SSSR count). The first-order valence-electron chi connectivity index (χ1n) is 8.97. The number of carbonyl (C=O) groups excluding carboxylic acids is 2. The number of sulfonamides is 1. The van der Waals surface area contributed by atoms with E-state index in [4.69, 9.17) is 25.8 Å². The van der Waals surface area contributed by atoms with Gasteiger partial charge in [0.1, 0.15) is 17.5 Å². The minimum Gasteiger partial charge on any atom is -0.497 e. The number of ketones is 1. The number of halogens is 1. The molecule has 0 amide bonds. The lowest BCUT2D eigenvalue weighted by atomic mass is 10.1. The van der Waals surface area contributed by atoms with E-state index in [2.05, 4.69) is 4.72 Å². The van der Waals surface area contributed by atoms with Crippen molar-refractivity contribution in [3.8, 4) is 11.5 Å². The van der Waals surface area contributed by atoms with Crippen LogP contribution >= 0.6 is 11.6 Å². The Balaban J connectivity index is 2.13. The molecular formula is C20H22ClNO8S. The Morgan fingerprint density at radius 3 is 2.29 bits per heavy atom. The zero-order valence-electron chi connectivity index (χ0n) is 17.0. The quantitative estimate of drug-likeness (QED) is 0.396. The highest BCUT2D eigenvalue weighted by Gasteiger charge is 2.31. The summed E-state index contributed by atoms with van der Waals surface area (Å²) in [7, 11) is -1.37. The van der Waals surface area contributed by atoms with E-state index in [-0.39, 0.29) is 16.2 Å². The highest BCUT2D eigenvalue weighted by Crippen LogP contribution is 2.24. The first-order chi connectivity index (χ1) is 14.6. The fraction of sp³-hybridized carbons (Fsp3) is 0.300. The van der Waals surface area contributed by atoms with E-state index in [1.54, 1.807) is 6.07 Å². The molecule has 0 saturated heterocycles. The molecule has 0 aliphatic rings. The summed E-state index contributed by atoms with van der Waals surface area (Å²) in [4.78, 5) is 24.8. The minimum atomic E-state index is -4.17. The maximum Gasteiger partial charge on any atom is 0.327 e. The molecule has 168 valence electrons. The summed E-state index contributed by atoms with van der Waals surface area (Å²) in [5, 5.41) is 10.2. The number of ether oxygens (including phenoxy) is 3. The number of rotatable bonds is 10.